The van der Waals surface area contributed by atoms with Gasteiger partial charge in [0.05, 0.1) is 17.1 Å². The molecule has 6 heteroatoms. The summed E-state index contributed by atoms with van der Waals surface area (Å²) < 4.78 is 0. The summed E-state index contributed by atoms with van der Waals surface area (Å²) in [5, 5.41) is 17.5. The van der Waals surface area contributed by atoms with Crippen molar-refractivity contribution in [1.82, 2.24) is 10.3 Å². The third kappa shape index (κ3) is 4.49. The van der Waals surface area contributed by atoms with Gasteiger partial charge in [0.15, 0.2) is 0 Å². The van der Waals surface area contributed by atoms with Crippen molar-refractivity contribution >= 4 is 34.1 Å². The van der Waals surface area contributed by atoms with E-state index in [0.717, 1.165) is 42.3 Å². The molecule has 0 bridgehead atoms. The Morgan fingerprint density at radius 2 is 1.86 bits per heavy atom. The maximum Gasteiger partial charge on any atom is 0.251 e. The Morgan fingerprint density at radius 3 is 2.66 bits per heavy atom. The van der Waals surface area contributed by atoms with Crippen molar-refractivity contribution in [1.29, 1.82) is 5.26 Å². The molecule has 2 aromatic carbocycles. The third-order valence-corrected chi connectivity index (χ3v) is 5.62. The number of aromatic nitrogens is 1. The van der Waals surface area contributed by atoms with E-state index in [1.165, 1.54) is 0 Å². The van der Waals surface area contributed by atoms with E-state index in [1.807, 2.05) is 24.3 Å². The average Bonchev–Trinajstić information content (AvgIpc) is 2.75. The fraction of sp³-hybridized carbons (Fsp3) is 0.261. The molecule has 0 radical (unpaired) electrons. The summed E-state index contributed by atoms with van der Waals surface area (Å²) in [5.41, 5.74) is 2.97. The monoisotopic (exact) mass is 404 g/mol. The van der Waals surface area contributed by atoms with E-state index in [4.69, 9.17) is 16.9 Å². The van der Waals surface area contributed by atoms with Gasteiger partial charge in [0.25, 0.3) is 5.91 Å². The third-order valence-electron chi connectivity index (χ3n) is 5.38. The van der Waals surface area contributed by atoms with E-state index < -0.39 is 0 Å². The number of nitriles is 1. The molecule has 1 aliphatic carbocycles. The lowest BCUT2D eigenvalue weighted by Gasteiger charge is -2.30. The molecule has 1 aromatic heterocycles. The van der Waals surface area contributed by atoms with E-state index in [-0.39, 0.29) is 11.9 Å². The molecule has 0 unspecified atom stereocenters. The quantitative estimate of drug-likeness (QED) is 0.647. The smallest absolute Gasteiger partial charge is 0.251 e. The zero-order valence-electron chi connectivity index (χ0n) is 15.9. The molecule has 0 saturated heterocycles. The molecule has 146 valence electrons. The maximum absolute atomic E-state index is 12.5. The second kappa shape index (κ2) is 8.50. The van der Waals surface area contributed by atoms with Crippen molar-refractivity contribution in [2.24, 2.45) is 0 Å². The first-order chi connectivity index (χ1) is 14.1. The molecule has 0 spiro atoms. The highest BCUT2D eigenvalue weighted by Crippen LogP contribution is 2.28. The summed E-state index contributed by atoms with van der Waals surface area (Å²) >= 11 is 6.07. The molecular formula is C23H21ClN4O. The van der Waals surface area contributed by atoms with Crippen LogP contribution in [-0.2, 0) is 0 Å². The molecule has 0 aliphatic heterocycles. The zero-order chi connectivity index (χ0) is 20.2. The largest absolute Gasteiger partial charge is 0.382 e. The highest BCUT2D eigenvalue weighted by atomic mass is 35.5. The van der Waals surface area contributed by atoms with Gasteiger partial charge in [-0.1, -0.05) is 17.7 Å². The summed E-state index contributed by atoms with van der Waals surface area (Å²) in [6.45, 7) is 0. The van der Waals surface area contributed by atoms with Crippen LogP contribution in [0.2, 0.25) is 5.02 Å². The number of carbonyl (C=O) groups excluding carboxylic acids is 1. The first-order valence-electron chi connectivity index (χ1n) is 9.74. The highest BCUT2D eigenvalue weighted by molar-refractivity contribution is 6.31. The van der Waals surface area contributed by atoms with Gasteiger partial charge in [0.1, 0.15) is 0 Å². The van der Waals surface area contributed by atoms with Crippen LogP contribution in [0.25, 0.3) is 10.9 Å². The molecule has 1 heterocycles. The van der Waals surface area contributed by atoms with Crippen LogP contribution in [-0.4, -0.2) is 23.0 Å². The number of hydrogen-bond donors (Lipinski definition) is 2. The summed E-state index contributed by atoms with van der Waals surface area (Å²) in [4.78, 5) is 16.9. The van der Waals surface area contributed by atoms with Crippen LogP contribution in [0.5, 0.6) is 0 Å². The second-order valence-corrected chi connectivity index (χ2v) is 7.82. The van der Waals surface area contributed by atoms with E-state index in [2.05, 4.69) is 21.7 Å². The van der Waals surface area contributed by atoms with Crippen LogP contribution >= 0.6 is 11.6 Å². The number of rotatable bonds is 4. The van der Waals surface area contributed by atoms with Gasteiger partial charge >= 0.3 is 0 Å². The molecular weight excluding hydrogens is 384 g/mol. The van der Waals surface area contributed by atoms with Gasteiger partial charge in [-0.3, -0.25) is 9.78 Å². The van der Waals surface area contributed by atoms with Crippen molar-refractivity contribution in [3.05, 3.63) is 70.9 Å². The lowest BCUT2D eigenvalue weighted by molar-refractivity contribution is 0.0926. The SMILES string of the molecule is N#Cc1cccc(C(=O)N[C@H]2CC[C@@H](Nc3ccnc4cc(Cl)ccc34)CC2)c1. The number of benzene rings is 2. The molecule has 4 rings (SSSR count). The van der Waals surface area contributed by atoms with Crippen molar-refractivity contribution < 1.29 is 4.79 Å². The molecule has 5 nitrogen and oxygen atoms in total. The number of fused-ring (bicyclic) bond motifs is 1. The number of anilines is 1. The number of hydrogen-bond acceptors (Lipinski definition) is 4. The van der Waals surface area contributed by atoms with Gasteiger partial charge in [0, 0.05) is 39.9 Å². The molecule has 1 saturated carbocycles. The number of nitrogens with zero attached hydrogens (tertiary/aromatic N) is 2. The highest BCUT2D eigenvalue weighted by Gasteiger charge is 2.23. The Labute approximate surface area is 174 Å². The standard InChI is InChI=1S/C23H21ClN4O/c24-17-4-9-20-21(10-11-26-22(20)13-17)27-18-5-7-19(8-6-18)28-23(29)16-3-1-2-15(12-16)14-25/h1-4,9-13,18-19H,5-8H2,(H,26,27)(H,28,29)/t18-,19+. The van der Waals surface area contributed by atoms with Crippen molar-refractivity contribution in [3.8, 4) is 6.07 Å². The molecule has 0 atom stereocenters. The Morgan fingerprint density at radius 1 is 1.07 bits per heavy atom. The first-order valence-corrected chi connectivity index (χ1v) is 10.1. The summed E-state index contributed by atoms with van der Waals surface area (Å²) in [5.74, 6) is -0.115. The van der Waals surface area contributed by atoms with Gasteiger partial charge in [-0.25, -0.2) is 0 Å². The Kier molecular flexibility index (Phi) is 5.64. The molecule has 29 heavy (non-hydrogen) atoms. The topological polar surface area (TPSA) is 77.8 Å². The van der Waals surface area contributed by atoms with Gasteiger partial charge in [-0.15, -0.1) is 0 Å². The number of pyridine rings is 1. The van der Waals surface area contributed by atoms with Crippen LogP contribution in [0, 0.1) is 11.3 Å². The van der Waals surface area contributed by atoms with Gasteiger partial charge in [-0.2, -0.15) is 5.26 Å². The van der Waals surface area contributed by atoms with Crippen LogP contribution in [0.1, 0.15) is 41.6 Å². The minimum atomic E-state index is -0.115. The fourth-order valence-electron chi connectivity index (χ4n) is 3.85. The predicted octanol–water partition coefficient (Wildman–Crippen LogP) is 4.91. The average molecular weight is 405 g/mol. The van der Waals surface area contributed by atoms with Gasteiger partial charge in [-0.05, 0) is 68.1 Å². The second-order valence-electron chi connectivity index (χ2n) is 7.38. The normalized spacial score (nSPS) is 18.8. The zero-order valence-corrected chi connectivity index (χ0v) is 16.6. The van der Waals surface area contributed by atoms with E-state index in [0.29, 0.717) is 22.2 Å². The van der Waals surface area contributed by atoms with Crippen molar-refractivity contribution in [2.75, 3.05) is 5.32 Å². The lowest BCUT2D eigenvalue weighted by Crippen LogP contribution is -2.40. The lowest BCUT2D eigenvalue weighted by atomic mass is 9.90. The summed E-state index contributed by atoms with van der Waals surface area (Å²) in [6.07, 6.45) is 5.57. The van der Waals surface area contributed by atoms with Crippen molar-refractivity contribution in [2.45, 2.75) is 37.8 Å². The molecule has 1 fully saturated rings. The van der Waals surface area contributed by atoms with Gasteiger partial charge in [0.2, 0.25) is 0 Å². The Balaban J connectivity index is 1.35. The number of nitrogens with one attached hydrogen (secondary N) is 2. The number of carbonyl (C=O) groups is 1. The van der Waals surface area contributed by atoms with Crippen LogP contribution in [0.15, 0.2) is 54.7 Å². The molecule has 1 amide bonds. The summed E-state index contributed by atoms with van der Waals surface area (Å²) in [6, 6.07) is 17.1. The Bertz CT molecular complexity index is 1080. The number of amides is 1. The minimum absolute atomic E-state index is 0.115. The molecule has 3 aromatic rings. The summed E-state index contributed by atoms with van der Waals surface area (Å²) in [7, 11) is 0. The van der Waals surface area contributed by atoms with E-state index in [9.17, 15) is 4.79 Å². The first kappa shape index (κ1) is 19.2. The van der Waals surface area contributed by atoms with E-state index in [1.54, 1.807) is 30.5 Å². The fourth-order valence-corrected chi connectivity index (χ4v) is 4.01. The van der Waals surface area contributed by atoms with E-state index >= 15 is 0 Å². The molecule has 1 aliphatic rings. The van der Waals surface area contributed by atoms with Gasteiger partial charge < -0.3 is 10.6 Å². The minimum Gasteiger partial charge on any atom is -0.382 e. The Hall–Kier alpha value is -3.10. The number of halogens is 1. The van der Waals surface area contributed by atoms with Crippen molar-refractivity contribution in [3.63, 3.8) is 0 Å². The maximum atomic E-state index is 12.5. The molecule has 2 N–H and O–H groups in total. The van der Waals surface area contributed by atoms with Crippen LogP contribution in [0.3, 0.4) is 0 Å². The van der Waals surface area contributed by atoms with Crippen LogP contribution < -0.4 is 10.6 Å². The predicted molar refractivity (Wildman–Crippen MR) is 115 cm³/mol. The van der Waals surface area contributed by atoms with Crippen LogP contribution in [0.4, 0.5) is 5.69 Å².